The van der Waals surface area contributed by atoms with Gasteiger partial charge in [-0.15, -0.1) is 0 Å². The lowest BCUT2D eigenvalue weighted by atomic mass is 10.1. The van der Waals surface area contributed by atoms with E-state index in [1.807, 2.05) is 60.7 Å². The highest BCUT2D eigenvalue weighted by molar-refractivity contribution is 6.03. The largest absolute Gasteiger partial charge is 0.504 e. The van der Waals surface area contributed by atoms with E-state index in [-0.39, 0.29) is 101 Å². The number of aromatic hydroxyl groups is 4. The molecule has 28 heteroatoms. The molecule has 2 aromatic heterocycles. The molecule has 0 aliphatic heterocycles. The fourth-order valence-corrected chi connectivity index (χ4v) is 8.89. The molecule has 93 heavy (non-hydrogen) atoms. The molecule has 0 atom stereocenters. The van der Waals surface area contributed by atoms with Gasteiger partial charge in [-0.2, -0.15) is 0 Å². The van der Waals surface area contributed by atoms with Crippen LogP contribution in [0.2, 0.25) is 0 Å². The minimum absolute atomic E-state index is 0.0279. The Hall–Kier alpha value is -7.84. The molecule has 0 aliphatic carbocycles. The van der Waals surface area contributed by atoms with Gasteiger partial charge in [0, 0.05) is 64.3 Å². The van der Waals surface area contributed by atoms with Crippen molar-refractivity contribution in [3.8, 4) is 23.0 Å². The molecule has 8 N–H and O–H groups in total. The van der Waals surface area contributed by atoms with Crippen molar-refractivity contribution in [1.82, 2.24) is 35.3 Å². The molecule has 0 aliphatic rings. The summed E-state index contributed by atoms with van der Waals surface area (Å²) in [5.41, 5.74) is -0.0319. The quantitative estimate of drug-likeness (QED) is 0.0204. The average Bonchev–Trinajstić information content (AvgIpc) is 0.855. The Balaban J connectivity index is 0.948. The van der Waals surface area contributed by atoms with Crippen molar-refractivity contribution in [1.29, 1.82) is 0 Å². The van der Waals surface area contributed by atoms with Crippen LogP contribution in [-0.2, 0) is 65.2 Å². The molecule has 0 saturated carbocycles. The zero-order valence-electron chi connectivity index (χ0n) is 53.4. The molecule has 0 spiro atoms. The minimum atomic E-state index is -0.833. The smallest absolute Gasteiger partial charge is 0.294 e. The van der Waals surface area contributed by atoms with Gasteiger partial charge in [0.05, 0.1) is 174 Å². The number of aromatic nitrogens is 2. The molecule has 2 heterocycles. The van der Waals surface area contributed by atoms with Crippen LogP contribution in [0.25, 0.3) is 0 Å². The molecule has 0 saturated heterocycles. The van der Waals surface area contributed by atoms with Crippen LogP contribution in [-0.4, -0.2) is 250 Å². The molecule has 28 nitrogen and oxygen atoms in total. The van der Waals surface area contributed by atoms with Crippen molar-refractivity contribution in [2.45, 2.75) is 26.9 Å². The second-order valence-electron chi connectivity index (χ2n) is 20.7. The predicted molar refractivity (Wildman–Crippen MR) is 341 cm³/mol. The third-order valence-electron chi connectivity index (χ3n) is 13.9. The summed E-state index contributed by atoms with van der Waals surface area (Å²) in [5.74, 6) is -6.07. The number of pyridine rings is 2. The zero-order valence-corrected chi connectivity index (χ0v) is 53.4. The van der Waals surface area contributed by atoms with Crippen molar-refractivity contribution in [2.24, 2.45) is 0 Å². The van der Waals surface area contributed by atoms with Gasteiger partial charge >= 0.3 is 0 Å². The molecule has 0 unspecified atom stereocenters. The van der Waals surface area contributed by atoms with Crippen LogP contribution in [0.15, 0.2) is 94.5 Å². The van der Waals surface area contributed by atoms with E-state index in [4.69, 9.17) is 52.1 Å². The molecular formula is C65H91N7O21. The summed E-state index contributed by atoms with van der Waals surface area (Å²) in [5, 5.41) is 54.1. The highest BCUT2D eigenvalue weighted by Crippen LogP contribution is 2.32. The van der Waals surface area contributed by atoms with Crippen molar-refractivity contribution >= 4 is 23.6 Å². The number of ether oxygens (including phenoxy) is 11. The van der Waals surface area contributed by atoms with Gasteiger partial charge in [-0.25, -0.2) is 0 Å². The molecule has 5 aromatic rings. The maximum absolute atomic E-state index is 13.4. The van der Waals surface area contributed by atoms with Crippen LogP contribution >= 0.6 is 0 Å². The highest BCUT2D eigenvalue weighted by Gasteiger charge is 2.23. The maximum atomic E-state index is 13.4. The molecule has 512 valence electrons. The fourth-order valence-electron chi connectivity index (χ4n) is 8.89. The number of rotatable bonds is 50. The standard InChI is InChI=1S/C65H91N7O21/c1-48-44-54(58(75)64(81)71(48)46-50-10-6-4-7-11-50)62(79)67-17-21-70(22-18-68-63(80)55-45-49(2)72(65(82)59(55)76)47-51-12-8-5-9-13-51)20-16-66-60(77)52-14-15-53(57(74)56(52)73)61(78)69-19-23-84-26-27-86-30-31-88-34-35-90-38-39-92-42-43-93-41-40-91-37-36-89-33-32-87-29-28-85-25-24-83-3/h4-15,44-45,73-76H,16-43,46-47H2,1-3H3,(H,66,77)(H,67,79)(H,68,80)(H,69,78). The van der Waals surface area contributed by atoms with Gasteiger partial charge in [0.15, 0.2) is 23.0 Å². The van der Waals surface area contributed by atoms with Gasteiger partial charge in [0.25, 0.3) is 34.7 Å². The van der Waals surface area contributed by atoms with Gasteiger partial charge < -0.3 is 103 Å². The molecule has 0 fully saturated rings. The normalized spacial score (nSPS) is 11.3. The molecule has 5 rings (SSSR count). The fraction of sp³-hybridized carbons (Fsp3) is 0.508. The van der Waals surface area contributed by atoms with Gasteiger partial charge in [-0.3, -0.25) is 33.7 Å². The number of hydrogen-bond acceptors (Lipinski definition) is 22. The van der Waals surface area contributed by atoms with Crippen molar-refractivity contribution in [3.63, 3.8) is 0 Å². The number of aryl methyl sites for hydroxylation is 2. The third-order valence-corrected chi connectivity index (χ3v) is 13.9. The lowest BCUT2D eigenvalue weighted by Gasteiger charge is -2.23. The Labute approximate surface area is 540 Å². The number of amides is 4. The lowest BCUT2D eigenvalue weighted by molar-refractivity contribution is -0.0270. The number of carbonyl (C=O) groups is 4. The summed E-state index contributed by atoms with van der Waals surface area (Å²) in [4.78, 5) is 81.4. The van der Waals surface area contributed by atoms with Crippen LogP contribution in [0.1, 0.15) is 63.9 Å². The first-order chi connectivity index (χ1) is 45.2. The topological polar surface area (TPSA) is 346 Å². The number of nitrogens with zero attached hydrogens (tertiary/aromatic N) is 3. The Morgan fingerprint density at radius 3 is 0.935 bits per heavy atom. The van der Waals surface area contributed by atoms with E-state index in [0.717, 1.165) is 11.1 Å². The first-order valence-electron chi connectivity index (χ1n) is 30.8. The second-order valence-corrected chi connectivity index (χ2v) is 20.7. The summed E-state index contributed by atoms with van der Waals surface area (Å²) < 4.78 is 62.3. The van der Waals surface area contributed by atoms with Gasteiger partial charge in [0.1, 0.15) is 0 Å². The van der Waals surface area contributed by atoms with Crippen LogP contribution in [0.3, 0.4) is 0 Å². The van der Waals surface area contributed by atoms with Crippen LogP contribution < -0.4 is 32.4 Å². The van der Waals surface area contributed by atoms with Crippen LogP contribution in [0, 0.1) is 13.8 Å². The number of hydrogen-bond donors (Lipinski definition) is 8. The Morgan fingerprint density at radius 2 is 0.634 bits per heavy atom. The first kappa shape index (κ1) is 75.9. The summed E-state index contributed by atoms with van der Waals surface area (Å²) in [6, 6.07) is 23.5. The first-order valence-corrected chi connectivity index (χ1v) is 30.8. The highest BCUT2D eigenvalue weighted by atomic mass is 16.6. The number of methoxy groups -OCH3 is 1. The Bertz CT molecular complexity index is 3010. The summed E-state index contributed by atoms with van der Waals surface area (Å²) in [6.07, 6.45) is 0. The van der Waals surface area contributed by atoms with Crippen molar-refractivity contribution in [3.05, 3.63) is 150 Å². The summed E-state index contributed by atoms with van der Waals surface area (Å²) in [6.45, 7) is 12.7. The molecule has 3 aromatic carbocycles. The van der Waals surface area contributed by atoms with Gasteiger partial charge in [-0.05, 0) is 49.2 Å². The molecular weight excluding hydrogens is 1210 g/mol. The zero-order chi connectivity index (χ0) is 66.8. The predicted octanol–water partition coefficient (Wildman–Crippen LogP) is 1.98. The lowest BCUT2D eigenvalue weighted by Crippen LogP contribution is -2.43. The molecule has 0 bridgehead atoms. The number of benzene rings is 3. The third kappa shape index (κ3) is 28.1. The number of carbonyl (C=O) groups excluding carboxylic acids is 4. The Morgan fingerprint density at radius 1 is 0.366 bits per heavy atom. The van der Waals surface area contributed by atoms with E-state index >= 15 is 0 Å². The second kappa shape index (κ2) is 44.7. The average molecular weight is 1310 g/mol. The Kier molecular flexibility index (Phi) is 36.4. The monoisotopic (exact) mass is 1310 g/mol. The van der Waals surface area contributed by atoms with E-state index in [9.17, 15) is 49.2 Å². The van der Waals surface area contributed by atoms with Crippen molar-refractivity contribution in [2.75, 3.05) is 192 Å². The van der Waals surface area contributed by atoms with E-state index in [1.165, 1.54) is 33.4 Å². The van der Waals surface area contributed by atoms with E-state index < -0.39 is 57.7 Å². The van der Waals surface area contributed by atoms with E-state index in [2.05, 4.69) is 21.3 Å². The number of phenols is 2. The SMILES string of the molecule is COCCOCCOCCOCCOCCOCCOCCOCCOCCOCCOCCNC(=O)c1ccc(C(=O)NCCN(CCNC(=O)c2cc(C)n(Cc3ccccc3)c(=O)c2O)CCNC(=O)c2cc(C)n(Cc3ccccc3)c(=O)c2O)c(O)c1O. The van der Waals surface area contributed by atoms with Crippen LogP contribution in [0.5, 0.6) is 23.0 Å². The molecule has 0 radical (unpaired) electrons. The van der Waals surface area contributed by atoms with E-state index in [1.54, 1.807) is 25.9 Å². The molecule has 4 amide bonds. The maximum Gasteiger partial charge on any atom is 0.294 e. The summed E-state index contributed by atoms with van der Waals surface area (Å²) in [7, 11) is 1.63. The number of phenolic OH excluding ortho intramolecular Hbond substituents is 2. The van der Waals surface area contributed by atoms with Crippen molar-refractivity contribution < 1.29 is 91.7 Å². The number of nitrogens with one attached hydrogen (secondary N) is 4. The summed E-state index contributed by atoms with van der Waals surface area (Å²) >= 11 is 0. The van der Waals surface area contributed by atoms with Crippen LogP contribution in [0.4, 0.5) is 0 Å². The van der Waals surface area contributed by atoms with Gasteiger partial charge in [0.2, 0.25) is 0 Å². The van der Waals surface area contributed by atoms with E-state index in [0.29, 0.717) is 130 Å². The van der Waals surface area contributed by atoms with Gasteiger partial charge in [-0.1, -0.05) is 60.7 Å². The minimum Gasteiger partial charge on any atom is -0.504 e.